The number of rotatable bonds is 1. The van der Waals surface area contributed by atoms with Crippen LogP contribution < -0.4 is 0 Å². The number of halogens is 2. The van der Waals surface area contributed by atoms with Crippen LogP contribution in [0.25, 0.3) is 0 Å². The van der Waals surface area contributed by atoms with Gasteiger partial charge in [0, 0.05) is 17.6 Å². The third kappa shape index (κ3) is 2.72. The van der Waals surface area contributed by atoms with Crippen LogP contribution in [0.4, 0.5) is 4.39 Å². The number of carbonyl (C=O) groups excluding carboxylic acids is 1. The zero-order valence-corrected chi connectivity index (χ0v) is 11.7. The minimum Gasteiger partial charge on any atom is -0.393 e. The number of piperidine rings is 1. The highest BCUT2D eigenvalue weighted by molar-refractivity contribution is 9.10. The average Bonchev–Trinajstić information content (AvgIpc) is 2.35. The molecule has 98 valence electrons. The minimum absolute atomic E-state index is 0.0258. The van der Waals surface area contributed by atoms with Crippen molar-refractivity contribution in [1.82, 2.24) is 4.90 Å². The van der Waals surface area contributed by atoms with Crippen LogP contribution in [0.2, 0.25) is 0 Å². The van der Waals surface area contributed by atoms with E-state index in [9.17, 15) is 14.3 Å². The second-order valence-electron chi connectivity index (χ2n) is 4.71. The molecule has 1 amide bonds. The largest absolute Gasteiger partial charge is 0.393 e. The zero-order chi connectivity index (χ0) is 13.3. The van der Waals surface area contributed by atoms with Crippen molar-refractivity contribution in [3.63, 3.8) is 0 Å². The summed E-state index contributed by atoms with van der Waals surface area (Å²) in [4.78, 5) is 13.8. The van der Waals surface area contributed by atoms with E-state index in [-0.39, 0.29) is 23.5 Å². The number of aliphatic hydroxyl groups is 1. The number of aliphatic hydroxyl groups excluding tert-OH is 1. The van der Waals surface area contributed by atoms with Crippen LogP contribution in [0.15, 0.2) is 22.7 Å². The fourth-order valence-electron chi connectivity index (χ4n) is 2.15. The van der Waals surface area contributed by atoms with E-state index in [1.807, 2.05) is 6.92 Å². The molecule has 0 aliphatic carbocycles. The van der Waals surface area contributed by atoms with Gasteiger partial charge in [-0.15, -0.1) is 0 Å². The Kier molecular flexibility index (Phi) is 4.02. The molecule has 1 aromatic carbocycles. The summed E-state index contributed by atoms with van der Waals surface area (Å²) < 4.78 is 14.3. The summed E-state index contributed by atoms with van der Waals surface area (Å²) in [6.07, 6.45) is 0.170. The first kappa shape index (κ1) is 13.5. The molecule has 1 aliphatic rings. The van der Waals surface area contributed by atoms with E-state index in [1.54, 1.807) is 11.0 Å². The van der Waals surface area contributed by atoms with Crippen molar-refractivity contribution in [2.24, 2.45) is 5.92 Å². The van der Waals surface area contributed by atoms with Gasteiger partial charge in [-0.25, -0.2) is 4.39 Å². The van der Waals surface area contributed by atoms with Crippen molar-refractivity contribution in [2.45, 2.75) is 19.4 Å². The van der Waals surface area contributed by atoms with Gasteiger partial charge in [-0.05, 0) is 30.5 Å². The van der Waals surface area contributed by atoms with Gasteiger partial charge < -0.3 is 10.0 Å². The Bertz CT molecular complexity index is 466. The quantitative estimate of drug-likeness (QED) is 0.864. The van der Waals surface area contributed by atoms with Crippen LogP contribution in [0, 0.1) is 11.7 Å². The number of amides is 1. The van der Waals surface area contributed by atoms with Crippen LogP contribution in [0.1, 0.15) is 23.7 Å². The molecule has 3 nitrogen and oxygen atoms in total. The van der Waals surface area contributed by atoms with Gasteiger partial charge in [0.2, 0.25) is 0 Å². The Balaban J connectivity index is 2.19. The Labute approximate surface area is 114 Å². The second-order valence-corrected chi connectivity index (χ2v) is 5.62. The van der Waals surface area contributed by atoms with E-state index < -0.39 is 5.82 Å². The minimum atomic E-state index is -0.512. The molecular formula is C13H15BrFNO2. The number of benzene rings is 1. The molecule has 2 atom stereocenters. The van der Waals surface area contributed by atoms with E-state index in [0.29, 0.717) is 24.0 Å². The first-order valence-electron chi connectivity index (χ1n) is 5.91. The van der Waals surface area contributed by atoms with Gasteiger partial charge in [0.05, 0.1) is 11.7 Å². The molecule has 1 aliphatic heterocycles. The molecule has 2 rings (SSSR count). The lowest BCUT2D eigenvalue weighted by Crippen LogP contribution is -2.45. The highest BCUT2D eigenvalue weighted by Gasteiger charge is 2.28. The number of hydrogen-bond donors (Lipinski definition) is 1. The van der Waals surface area contributed by atoms with Crippen LogP contribution in [0.3, 0.4) is 0 Å². The SMILES string of the molecule is CC1CN(C(=O)c2cc(Br)ccc2F)CCC1O. The maximum atomic E-state index is 13.6. The lowest BCUT2D eigenvalue weighted by atomic mass is 9.96. The number of nitrogens with zero attached hydrogens (tertiary/aromatic N) is 1. The predicted molar refractivity (Wildman–Crippen MR) is 69.8 cm³/mol. The van der Waals surface area contributed by atoms with E-state index in [1.165, 1.54) is 12.1 Å². The third-order valence-corrected chi connectivity index (χ3v) is 3.80. The Hall–Kier alpha value is -0.940. The van der Waals surface area contributed by atoms with Gasteiger partial charge in [0.1, 0.15) is 5.82 Å². The average molecular weight is 316 g/mol. The number of carbonyl (C=O) groups is 1. The molecule has 0 bridgehead atoms. The Morgan fingerprint density at radius 2 is 2.28 bits per heavy atom. The molecule has 0 spiro atoms. The van der Waals surface area contributed by atoms with Crippen molar-refractivity contribution in [3.8, 4) is 0 Å². The number of hydrogen-bond acceptors (Lipinski definition) is 2. The standard InChI is InChI=1S/C13H15BrFNO2/c1-8-7-16(5-4-12(8)17)13(18)10-6-9(14)2-3-11(10)15/h2-3,6,8,12,17H,4-5,7H2,1H3. The molecule has 1 aromatic rings. The first-order chi connectivity index (χ1) is 8.49. The third-order valence-electron chi connectivity index (χ3n) is 3.31. The van der Waals surface area contributed by atoms with Gasteiger partial charge >= 0.3 is 0 Å². The van der Waals surface area contributed by atoms with Crippen molar-refractivity contribution < 1.29 is 14.3 Å². The molecule has 0 aromatic heterocycles. The van der Waals surface area contributed by atoms with E-state index >= 15 is 0 Å². The molecular weight excluding hydrogens is 301 g/mol. The van der Waals surface area contributed by atoms with Crippen LogP contribution in [-0.4, -0.2) is 35.1 Å². The Morgan fingerprint density at radius 1 is 1.56 bits per heavy atom. The fourth-order valence-corrected chi connectivity index (χ4v) is 2.51. The summed E-state index contributed by atoms with van der Waals surface area (Å²) >= 11 is 3.23. The highest BCUT2D eigenvalue weighted by Crippen LogP contribution is 2.21. The summed E-state index contributed by atoms with van der Waals surface area (Å²) in [5.74, 6) is -0.799. The summed E-state index contributed by atoms with van der Waals surface area (Å²) in [5, 5.41) is 9.63. The molecule has 0 saturated carbocycles. The fraction of sp³-hybridized carbons (Fsp3) is 0.462. The zero-order valence-electron chi connectivity index (χ0n) is 10.1. The smallest absolute Gasteiger partial charge is 0.256 e. The topological polar surface area (TPSA) is 40.5 Å². The first-order valence-corrected chi connectivity index (χ1v) is 6.70. The van der Waals surface area contributed by atoms with Gasteiger partial charge in [-0.2, -0.15) is 0 Å². The maximum absolute atomic E-state index is 13.6. The van der Waals surface area contributed by atoms with Gasteiger partial charge in [-0.3, -0.25) is 4.79 Å². The summed E-state index contributed by atoms with van der Waals surface area (Å²) in [6.45, 7) is 2.82. The summed E-state index contributed by atoms with van der Waals surface area (Å²) in [5.41, 5.74) is 0.0768. The normalized spacial score (nSPS) is 24.1. The predicted octanol–water partition coefficient (Wildman–Crippen LogP) is 2.43. The monoisotopic (exact) mass is 315 g/mol. The molecule has 2 unspecified atom stereocenters. The van der Waals surface area contributed by atoms with Crippen molar-refractivity contribution in [2.75, 3.05) is 13.1 Å². The van der Waals surface area contributed by atoms with Crippen LogP contribution in [-0.2, 0) is 0 Å². The molecule has 1 heterocycles. The highest BCUT2D eigenvalue weighted by atomic mass is 79.9. The van der Waals surface area contributed by atoms with Crippen LogP contribution in [0.5, 0.6) is 0 Å². The van der Waals surface area contributed by atoms with Crippen molar-refractivity contribution >= 4 is 21.8 Å². The molecule has 5 heteroatoms. The molecule has 1 N–H and O–H groups in total. The van der Waals surface area contributed by atoms with Crippen LogP contribution >= 0.6 is 15.9 Å². The number of likely N-dealkylation sites (tertiary alicyclic amines) is 1. The maximum Gasteiger partial charge on any atom is 0.256 e. The van der Waals surface area contributed by atoms with Crippen molar-refractivity contribution in [1.29, 1.82) is 0 Å². The Morgan fingerprint density at radius 3 is 2.94 bits per heavy atom. The lowest BCUT2D eigenvalue weighted by molar-refractivity contribution is 0.0295. The lowest BCUT2D eigenvalue weighted by Gasteiger charge is -2.34. The molecule has 0 radical (unpaired) electrons. The van der Waals surface area contributed by atoms with E-state index in [0.717, 1.165) is 0 Å². The summed E-state index contributed by atoms with van der Waals surface area (Å²) in [7, 11) is 0. The van der Waals surface area contributed by atoms with E-state index in [2.05, 4.69) is 15.9 Å². The molecule has 18 heavy (non-hydrogen) atoms. The van der Waals surface area contributed by atoms with Gasteiger partial charge in [0.25, 0.3) is 5.91 Å². The second kappa shape index (κ2) is 5.36. The molecule has 1 fully saturated rings. The van der Waals surface area contributed by atoms with Gasteiger partial charge in [0.15, 0.2) is 0 Å². The van der Waals surface area contributed by atoms with Gasteiger partial charge in [-0.1, -0.05) is 22.9 Å². The molecule has 1 saturated heterocycles. The van der Waals surface area contributed by atoms with E-state index in [4.69, 9.17) is 0 Å². The van der Waals surface area contributed by atoms with Crippen molar-refractivity contribution in [3.05, 3.63) is 34.1 Å². The summed E-state index contributed by atoms with van der Waals surface area (Å²) in [6, 6.07) is 4.33.